The van der Waals surface area contributed by atoms with E-state index in [9.17, 15) is 0 Å². The fourth-order valence-corrected chi connectivity index (χ4v) is 4.40. The summed E-state index contributed by atoms with van der Waals surface area (Å²) in [5.74, 6) is 3.79. The summed E-state index contributed by atoms with van der Waals surface area (Å²) in [6, 6.07) is 18.1. The maximum absolute atomic E-state index is 6.35. The van der Waals surface area contributed by atoms with Crippen LogP contribution in [0.5, 0.6) is 28.7 Å². The van der Waals surface area contributed by atoms with Crippen LogP contribution >= 0.6 is 0 Å². The summed E-state index contributed by atoms with van der Waals surface area (Å²) in [7, 11) is 1.67. The monoisotopic (exact) mass is 484 g/mol. The van der Waals surface area contributed by atoms with E-state index in [2.05, 4.69) is 37.3 Å². The summed E-state index contributed by atoms with van der Waals surface area (Å²) >= 11 is 0. The van der Waals surface area contributed by atoms with Gasteiger partial charge in [-0.1, -0.05) is 37.3 Å². The van der Waals surface area contributed by atoms with E-state index in [4.69, 9.17) is 23.7 Å². The number of hydrogen-bond donors (Lipinski definition) is 0. The Morgan fingerprint density at radius 1 is 0.944 bits per heavy atom. The number of methoxy groups -OCH3 is 1. The number of hydrogen-bond acceptors (Lipinski definition) is 5. The molecule has 2 aliphatic rings. The van der Waals surface area contributed by atoms with Crippen molar-refractivity contribution < 1.29 is 23.7 Å². The molecule has 3 aromatic carbocycles. The van der Waals surface area contributed by atoms with Gasteiger partial charge in [0.15, 0.2) is 0 Å². The minimum atomic E-state index is -0.380. The second kappa shape index (κ2) is 10.0. The summed E-state index contributed by atoms with van der Waals surface area (Å²) < 4.78 is 30.5. The highest BCUT2D eigenvalue weighted by atomic mass is 16.5. The molecule has 0 amide bonds. The number of fused-ring (bicyclic) bond motifs is 3. The summed E-state index contributed by atoms with van der Waals surface area (Å²) in [6.07, 6.45) is 7.19. The molecule has 3 aromatic rings. The molecule has 5 heteroatoms. The lowest BCUT2D eigenvalue weighted by Gasteiger charge is -2.31. The molecule has 0 aliphatic carbocycles. The van der Waals surface area contributed by atoms with Crippen LogP contribution in [0.15, 0.2) is 60.7 Å². The molecule has 2 heterocycles. The summed E-state index contributed by atoms with van der Waals surface area (Å²) in [5.41, 5.74) is 4.52. The van der Waals surface area contributed by atoms with Crippen LogP contribution in [-0.4, -0.2) is 25.9 Å². The first-order valence-electron chi connectivity index (χ1n) is 12.4. The van der Waals surface area contributed by atoms with Gasteiger partial charge >= 0.3 is 0 Å². The van der Waals surface area contributed by atoms with Crippen molar-refractivity contribution in [3.8, 4) is 28.7 Å². The van der Waals surface area contributed by atoms with E-state index in [1.54, 1.807) is 7.11 Å². The van der Waals surface area contributed by atoms with E-state index in [1.807, 2.05) is 56.3 Å². The van der Waals surface area contributed by atoms with Crippen LogP contribution in [-0.2, 0) is 6.61 Å². The SMILES string of the molecule is CCCOc1ccc(C2=Cc3c(OC)cc4c(c3OC2)C=CC(C)(C)O4)c(OCc2ccccc2)c1. The van der Waals surface area contributed by atoms with Gasteiger partial charge in [-0.15, -0.1) is 0 Å². The molecule has 36 heavy (non-hydrogen) atoms. The minimum absolute atomic E-state index is 0.380. The van der Waals surface area contributed by atoms with Gasteiger partial charge < -0.3 is 23.7 Å². The average Bonchev–Trinajstić information content (AvgIpc) is 2.90. The molecule has 0 N–H and O–H groups in total. The van der Waals surface area contributed by atoms with Gasteiger partial charge in [-0.2, -0.15) is 0 Å². The molecule has 186 valence electrons. The highest BCUT2D eigenvalue weighted by Gasteiger charge is 2.29. The van der Waals surface area contributed by atoms with Crippen LogP contribution in [0.25, 0.3) is 17.7 Å². The number of rotatable bonds is 8. The molecule has 0 radical (unpaired) electrons. The second-order valence-corrected chi connectivity index (χ2v) is 9.51. The molecular weight excluding hydrogens is 452 g/mol. The summed E-state index contributed by atoms with van der Waals surface area (Å²) in [5, 5.41) is 0. The van der Waals surface area contributed by atoms with Gasteiger partial charge in [-0.25, -0.2) is 0 Å². The Hall–Kier alpha value is -3.86. The van der Waals surface area contributed by atoms with Crippen molar-refractivity contribution in [2.24, 2.45) is 0 Å². The standard InChI is InChI=1S/C31H32O5/c1-5-15-33-23-11-12-24(28(17-23)34-19-21-9-7-6-8-10-21)22-16-26-27(32-4)18-29-25(30(26)35-20-22)13-14-31(2,3)36-29/h6-14,16-18H,5,15,19-20H2,1-4H3. The fourth-order valence-electron chi connectivity index (χ4n) is 4.40. The highest BCUT2D eigenvalue weighted by molar-refractivity contribution is 5.92. The maximum atomic E-state index is 6.35. The van der Waals surface area contributed by atoms with Gasteiger partial charge in [0.25, 0.3) is 0 Å². The first kappa shape index (κ1) is 23.9. The van der Waals surface area contributed by atoms with Crippen LogP contribution in [0, 0.1) is 0 Å². The van der Waals surface area contributed by atoms with Crippen LogP contribution < -0.4 is 23.7 Å². The van der Waals surface area contributed by atoms with Crippen molar-refractivity contribution in [2.45, 2.75) is 39.4 Å². The Bertz CT molecular complexity index is 1300. The Morgan fingerprint density at radius 2 is 1.78 bits per heavy atom. The highest BCUT2D eigenvalue weighted by Crippen LogP contribution is 2.48. The molecule has 0 saturated carbocycles. The van der Waals surface area contributed by atoms with Crippen LogP contribution in [0.3, 0.4) is 0 Å². The topological polar surface area (TPSA) is 46.2 Å². The van der Waals surface area contributed by atoms with E-state index >= 15 is 0 Å². The largest absolute Gasteiger partial charge is 0.496 e. The predicted octanol–water partition coefficient (Wildman–Crippen LogP) is 7.18. The van der Waals surface area contributed by atoms with Crippen molar-refractivity contribution in [1.82, 2.24) is 0 Å². The zero-order valence-corrected chi connectivity index (χ0v) is 21.3. The van der Waals surface area contributed by atoms with E-state index in [-0.39, 0.29) is 5.60 Å². The Kier molecular flexibility index (Phi) is 6.64. The third kappa shape index (κ3) is 4.92. The first-order chi connectivity index (χ1) is 17.5. The molecule has 0 atom stereocenters. The quantitative estimate of drug-likeness (QED) is 0.339. The lowest BCUT2D eigenvalue weighted by Crippen LogP contribution is -2.28. The normalized spacial score (nSPS) is 15.1. The van der Waals surface area contributed by atoms with Crippen LogP contribution in [0.2, 0.25) is 0 Å². The van der Waals surface area contributed by atoms with E-state index in [0.717, 1.165) is 57.2 Å². The van der Waals surface area contributed by atoms with E-state index in [1.165, 1.54) is 0 Å². The van der Waals surface area contributed by atoms with E-state index < -0.39 is 0 Å². The Labute approximate surface area is 212 Å². The minimum Gasteiger partial charge on any atom is -0.496 e. The number of ether oxygens (including phenoxy) is 5. The molecule has 5 rings (SSSR count). The molecule has 2 aliphatic heterocycles. The summed E-state index contributed by atoms with van der Waals surface area (Å²) in [4.78, 5) is 0. The molecule has 0 saturated heterocycles. The third-order valence-corrected chi connectivity index (χ3v) is 6.23. The molecule has 0 bridgehead atoms. The maximum Gasteiger partial charge on any atom is 0.141 e. The van der Waals surface area contributed by atoms with Crippen LogP contribution in [0.1, 0.15) is 49.4 Å². The van der Waals surface area contributed by atoms with E-state index in [0.29, 0.717) is 25.6 Å². The molecule has 0 spiro atoms. The van der Waals surface area contributed by atoms with Crippen molar-refractivity contribution >= 4 is 17.7 Å². The molecule has 0 unspecified atom stereocenters. The van der Waals surface area contributed by atoms with Crippen molar-refractivity contribution in [3.05, 3.63) is 82.9 Å². The zero-order valence-electron chi connectivity index (χ0n) is 21.3. The van der Waals surface area contributed by atoms with Gasteiger partial charge in [-0.05, 0) is 56.2 Å². The predicted molar refractivity (Wildman–Crippen MR) is 143 cm³/mol. The van der Waals surface area contributed by atoms with Gasteiger partial charge in [-0.3, -0.25) is 0 Å². The Balaban J connectivity index is 1.53. The Morgan fingerprint density at radius 3 is 2.56 bits per heavy atom. The molecule has 5 nitrogen and oxygen atoms in total. The van der Waals surface area contributed by atoms with Crippen LogP contribution in [0.4, 0.5) is 0 Å². The molecule has 0 fully saturated rings. The van der Waals surface area contributed by atoms with Gasteiger partial charge in [0.05, 0.1) is 24.8 Å². The molecular formula is C31H32O5. The number of benzene rings is 3. The first-order valence-corrected chi connectivity index (χ1v) is 12.4. The van der Waals surface area contributed by atoms with Crippen molar-refractivity contribution in [1.29, 1.82) is 0 Å². The fraction of sp³-hybridized carbons (Fsp3) is 0.290. The van der Waals surface area contributed by atoms with Gasteiger partial charge in [0.1, 0.15) is 47.6 Å². The lowest BCUT2D eigenvalue weighted by atomic mass is 9.94. The average molecular weight is 485 g/mol. The zero-order chi connectivity index (χ0) is 25.1. The summed E-state index contributed by atoms with van der Waals surface area (Å²) in [6.45, 7) is 7.68. The van der Waals surface area contributed by atoms with Gasteiger partial charge in [0.2, 0.25) is 0 Å². The molecule has 0 aromatic heterocycles. The van der Waals surface area contributed by atoms with Crippen molar-refractivity contribution in [3.63, 3.8) is 0 Å². The second-order valence-electron chi connectivity index (χ2n) is 9.51. The van der Waals surface area contributed by atoms with Gasteiger partial charge in [0, 0.05) is 23.3 Å². The third-order valence-electron chi connectivity index (χ3n) is 6.23. The lowest BCUT2D eigenvalue weighted by molar-refractivity contribution is 0.157. The van der Waals surface area contributed by atoms with Crippen molar-refractivity contribution in [2.75, 3.05) is 20.3 Å². The smallest absolute Gasteiger partial charge is 0.141 e.